The van der Waals surface area contributed by atoms with Gasteiger partial charge in [-0.3, -0.25) is 4.79 Å². The van der Waals surface area contributed by atoms with Crippen LogP contribution >= 0.6 is 0 Å². The molecule has 0 aromatic heterocycles. The second kappa shape index (κ2) is 6.68. The zero-order valence-electron chi connectivity index (χ0n) is 13.7. The van der Waals surface area contributed by atoms with E-state index in [1.807, 2.05) is 0 Å². The van der Waals surface area contributed by atoms with E-state index in [-0.39, 0.29) is 24.3 Å². The lowest BCUT2D eigenvalue weighted by molar-refractivity contribution is -0.131. The molecule has 0 radical (unpaired) electrons. The van der Waals surface area contributed by atoms with Gasteiger partial charge in [0.2, 0.25) is 15.9 Å². The summed E-state index contributed by atoms with van der Waals surface area (Å²) in [4.78, 5) is 16.2. The van der Waals surface area contributed by atoms with Crippen molar-refractivity contribution in [1.29, 1.82) is 0 Å². The Labute approximate surface area is 141 Å². The predicted molar refractivity (Wildman–Crippen MR) is 89.8 cm³/mol. The quantitative estimate of drug-likeness (QED) is 0.787. The van der Waals surface area contributed by atoms with E-state index >= 15 is 0 Å². The average Bonchev–Trinajstić information content (AvgIpc) is 3.37. The third-order valence-corrected chi connectivity index (χ3v) is 5.77. The number of amides is 1. The largest absolute Gasteiger partial charge is 0.368 e. The molecule has 0 bridgehead atoms. The minimum atomic E-state index is -3.35. The van der Waals surface area contributed by atoms with Crippen LogP contribution in [0.4, 0.5) is 10.1 Å². The van der Waals surface area contributed by atoms with Gasteiger partial charge in [0.25, 0.3) is 0 Å². The van der Waals surface area contributed by atoms with Gasteiger partial charge < -0.3 is 9.80 Å². The minimum Gasteiger partial charge on any atom is -0.368 e. The van der Waals surface area contributed by atoms with Gasteiger partial charge in [0.05, 0.1) is 12.8 Å². The Morgan fingerprint density at radius 1 is 1.17 bits per heavy atom. The molecular weight excluding hydrogens is 333 g/mol. The van der Waals surface area contributed by atoms with Crippen LogP contribution in [-0.4, -0.2) is 68.6 Å². The fourth-order valence-electron chi connectivity index (χ4n) is 2.98. The molecule has 0 unspecified atom stereocenters. The van der Waals surface area contributed by atoms with Crippen LogP contribution in [0.5, 0.6) is 0 Å². The molecule has 3 rings (SSSR count). The van der Waals surface area contributed by atoms with Crippen LogP contribution in [0.1, 0.15) is 12.8 Å². The average molecular weight is 355 g/mol. The van der Waals surface area contributed by atoms with Crippen molar-refractivity contribution < 1.29 is 17.6 Å². The van der Waals surface area contributed by atoms with Gasteiger partial charge in [0.1, 0.15) is 5.82 Å². The van der Waals surface area contributed by atoms with Gasteiger partial charge in [-0.25, -0.2) is 12.8 Å². The van der Waals surface area contributed by atoms with Crippen molar-refractivity contribution >= 4 is 21.6 Å². The summed E-state index contributed by atoms with van der Waals surface area (Å²) in [5.41, 5.74) is 0.930. The molecule has 0 N–H and O–H groups in total. The molecule has 1 saturated carbocycles. The van der Waals surface area contributed by atoms with E-state index in [4.69, 9.17) is 0 Å². The van der Waals surface area contributed by atoms with Crippen molar-refractivity contribution in [2.24, 2.45) is 0 Å². The van der Waals surface area contributed by atoms with Crippen molar-refractivity contribution in [2.45, 2.75) is 18.9 Å². The van der Waals surface area contributed by atoms with Crippen molar-refractivity contribution in [3.63, 3.8) is 0 Å². The van der Waals surface area contributed by atoms with Crippen molar-refractivity contribution in [3.05, 3.63) is 30.1 Å². The predicted octanol–water partition coefficient (Wildman–Crippen LogP) is 0.898. The van der Waals surface area contributed by atoms with Crippen LogP contribution in [0.15, 0.2) is 24.3 Å². The van der Waals surface area contributed by atoms with Gasteiger partial charge in [-0.15, -0.1) is 0 Å². The van der Waals surface area contributed by atoms with Crippen LogP contribution in [0, 0.1) is 5.82 Å². The molecule has 1 amide bonds. The van der Waals surface area contributed by atoms with Gasteiger partial charge >= 0.3 is 0 Å². The standard InChI is InChI=1S/C16H22FN3O3S/c1-24(22,23)20(15-6-7-15)12-16(21)19-10-8-18(9-11-19)14-4-2-13(17)3-5-14/h2-5,15H,6-12H2,1H3. The summed E-state index contributed by atoms with van der Waals surface area (Å²) in [6, 6.07) is 6.29. The van der Waals surface area contributed by atoms with Crippen molar-refractivity contribution in [3.8, 4) is 0 Å². The third kappa shape index (κ3) is 4.05. The third-order valence-electron chi connectivity index (χ3n) is 4.50. The summed E-state index contributed by atoms with van der Waals surface area (Å²) in [5, 5.41) is 0. The maximum absolute atomic E-state index is 13.0. The molecule has 132 valence electrons. The Balaban J connectivity index is 1.56. The smallest absolute Gasteiger partial charge is 0.238 e. The van der Waals surface area contributed by atoms with Crippen LogP contribution in [-0.2, 0) is 14.8 Å². The Hall–Kier alpha value is -1.67. The van der Waals surface area contributed by atoms with E-state index in [9.17, 15) is 17.6 Å². The van der Waals surface area contributed by atoms with E-state index in [0.29, 0.717) is 26.2 Å². The lowest BCUT2D eigenvalue weighted by atomic mass is 10.2. The number of hydrogen-bond donors (Lipinski definition) is 0. The topological polar surface area (TPSA) is 60.9 Å². The summed E-state index contributed by atoms with van der Waals surface area (Å²) in [7, 11) is -3.35. The number of rotatable bonds is 5. The second-order valence-corrected chi connectivity index (χ2v) is 8.32. The first kappa shape index (κ1) is 17.2. The van der Waals surface area contributed by atoms with E-state index in [1.165, 1.54) is 16.4 Å². The Bertz CT molecular complexity index is 696. The molecule has 0 spiro atoms. The number of carbonyl (C=O) groups excluding carboxylic acids is 1. The number of anilines is 1. The Morgan fingerprint density at radius 2 is 1.75 bits per heavy atom. The highest BCUT2D eigenvalue weighted by atomic mass is 32.2. The second-order valence-electron chi connectivity index (χ2n) is 6.38. The molecular formula is C16H22FN3O3S. The van der Waals surface area contributed by atoms with Gasteiger partial charge in [-0.05, 0) is 37.1 Å². The van der Waals surface area contributed by atoms with E-state index in [1.54, 1.807) is 17.0 Å². The number of nitrogens with zero attached hydrogens (tertiary/aromatic N) is 3. The molecule has 1 saturated heterocycles. The zero-order valence-corrected chi connectivity index (χ0v) is 14.5. The van der Waals surface area contributed by atoms with Gasteiger partial charge in [0, 0.05) is 37.9 Å². The molecule has 2 fully saturated rings. The van der Waals surface area contributed by atoms with Gasteiger partial charge in [-0.2, -0.15) is 4.31 Å². The monoisotopic (exact) mass is 355 g/mol. The highest BCUT2D eigenvalue weighted by Crippen LogP contribution is 2.28. The van der Waals surface area contributed by atoms with Crippen LogP contribution in [0.25, 0.3) is 0 Å². The first-order valence-corrected chi connectivity index (χ1v) is 9.94. The first-order valence-electron chi connectivity index (χ1n) is 8.10. The molecule has 24 heavy (non-hydrogen) atoms. The fraction of sp³-hybridized carbons (Fsp3) is 0.562. The summed E-state index contributed by atoms with van der Waals surface area (Å²) in [6.07, 6.45) is 2.82. The number of carbonyl (C=O) groups is 1. The van der Waals surface area contributed by atoms with E-state index in [0.717, 1.165) is 24.8 Å². The van der Waals surface area contributed by atoms with Crippen LogP contribution in [0.3, 0.4) is 0 Å². The molecule has 0 atom stereocenters. The lowest BCUT2D eigenvalue weighted by Gasteiger charge is -2.36. The van der Waals surface area contributed by atoms with Gasteiger partial charge in [0.15, 0.2) is 0 Å². The zero-order chi connectivity index (χ0) is 17.3. The molecule has 2 aliphatic rings. The summed E-state index contributed by atoms with van der Waals surface area (Å²) < 4.78 is 37.9. The number of benzene rings is 1. The highest BCUT2D eigenvalue weighted by molar-refractivity contribution is 7.88. The number of hydrogen-bond acceptors (Lipinski definition) is 4. The summed E-state index contributed by atoms with van der Waals surface area (Å²) in [5.74, 6) is -0.417. The van der Waals surface area contributed by atoms with Crippen LogP contribution in [0.2, 0.25) is 0 Å². The summed E-state index contributed by atoms with van der Waals surface area (Å²) >= 11 is 0. The molecule has 1 aliphatic heterocycles. The molecule has 1 aromatic carbocycles. The Morgan fingerprint density at radius 3 is 2.25 bits per heavy atom. The Kier molecular flexibility index (Phi) is 4.78. The van der Waals surface area contributed by atoms with Crippen molar-refractivity contribution in [1.82, 2.24) is 9.21 Å². The molecule has 1 aromatic rings. The van der Waals surface area contributed by atoms with E-state index in [2.05, 4.69) is 4.90 Å². The normalized spacial score (nSPS) is 19.0. The molecule has 8 heteroatoms. The van der Waals surface area contributed by atoms with Crippen LogP contribution < -0.4 is 4.90 Å². The molecule has 1 aliphatic carbocycles. The molecule has 6 nitrogen and oxygen atoms in total. The SMILES string of the molecule is CS(=O)(=O)N(CC(=O)N1CCN(c2ccc(F)cc2)CC1)C1CC1. The van der Waals surface area contributed by atoms with E-state index < -0.39 is 10.0 Å². The maximum atomic E-state index is 13.0. The van der Waals surface area contributed by atoms with Crippen molar-refractivity contribution in [2.75, 3.05) is 43.9 Å². The number of halogens is 1. The highest BCUT2D eigenvalue weighted by Gasteiger charge is 2.37. The molecule has 1 heterocycles. The first-order chi connectivity index (χ1) is 11.3. The lowest BCUT2D eigenvalue weighted by Crippen LogP contribution is -2.52. The minimum absolute atomic E-state index is 0.00976. The number of sulfonamides is 1. The fourth-order valence-corrected chi connectivity index (χ4v) is 4.08. The maximum Gasteiger partial charge on any atom is 0.238 e. The summed E-state index contributed by atoms with van der Waals surface area (Å²) in [6.45, 7) is 2.32. The van der Waals surface area contributed by atoms with Gasteiger partial charge in [-0.1, -0.05) is 0 Å². The number of piperazine rings is 1.